The predicted molar refractivity (Wildman–Crippen MR) is 124 cm³/mol. The number of ketones is 2. The van der Waals surface area contributed by atoms with Crippen LogP contribution in [-0.4, -0.2) is 26.9 Å². The van der Waals surface area contributed by atoms with Gasteiger partial charge in [0.15, 0.2) is 0 Å². The molecule has 0 heterocycles. The van der Waals surface area contributed by atoms with Crippen LogP contribution in [0.3, 0.4) is 0 Å². The van der Waals surface area contributed by atoms with E-state index in [1.807, 2.05) is 42.5 Å². The normalized spacial score (nSPS) is 12.2. The Morgan fingerprint density at radius 2 is 1.03 bits per heavy atom. The molecule has 4 aromatic rings. The van der Waals surface area contributed by atoms with Crippen LogP contribution in [0.4, 0.5) is 11.4 Å². The topological polar surface area (TPSA) is 107 Å². The van der Waals surface area contributed by atoms with Gasteiger partial charge in [-0.25, -0.2) is 0 Å². The molecule has 0 radical (unpaired) electrons. The van der Waals surface area contributed by atoms with Crippen LogP contribution in [-0.2, 0) is 6.42 Å². The number of anilines is 2. The number of benzene rings is 4. The largest absolute Gasteiger partial charge is 0.507 e. The zero-order valence-electron chi connectivity index (χ0n) is 17.4. The SMILES string of the molecule is O=C1c2c(O)ccc(O)c2C(=O)c2c(Nc3ccc(Cc4ccccc4)cc3)ccc(O)c21. The summed E-state index contributed by atoms with van der Waals surface area (Å²) in [5.74, 6) is -2.61. The third-order valence-corrected chi connectivity index (χ3v) is 5.74. The van der Waals surface area contributed by atoms with E-state index in [-0.39, 0.29) is 28.0 Å². The zero-order valence-corrected chi connectivity index (χ0v) is 17.4. The summed E-state index contributed by atoms with van der Waals surface area (Å²) in [5.41, 5.74) is 2.44. The summed E-state index contributed by atoms with van der Waals surface area (Å²) >= 11 is 0. The summed E-state index contributed by atoms with van der Waals surface area (Å²) in [4.78, 5) is 26.3. The smallest absolute Gasteiger partial charge is 0.202 e. The van der Waals surface area contributed by atoms with Gasteiger partial charge in [-0.3, -0.25) is 9.59 Å². The molecule has 0 unspecified atom stereocenters. The minimum Gasteiger partial charge on any atom is -0.507 e. The fourth-order valence-corrected chi connectivity index (χ4v) is 4.14. The lowest BCUT2D eigenvalue weighted by molar-refractivity contribution is 0.0972. The van der Waals surface area contributed by atoms with Crippen molar-refractivity contribution in [2.75, 3.05) is 5.32 Å². The molecule has 0 atom stereocenters. The number of carbonyl (C=O) groups is 2. The number of carbonyl (C=O) groups excluding carboxylic acids is 2. The van der Waals surface area contributed by atoms with Gasteiger partial charge in [-0.1, -0.05) is 42.5 Å². The van der Waals surface area contributed by atoms with Gasteiger partial charge in [-0.15, -0.1) is 0 Å². The van der Waals surface area contributed by atoms with Crippen LogP contribution in [0.2, 0.25) is 0 Å². The summed E-state index contributed by atoms with van der Waals surface area (Å²) in [6, 6.07) is 22.9. The molecule has 6 nitrogen and oxygen atoms in total. The number of hydrogen-bond acceptors (Lipinski definition) is 6. The van der Waals surface area contributed by atoms with Gasteiger partial charge in [0.2, 0.25) is 11.6 Å². The maximum absolute atomic E-state index is 13.3. The zero-order chi connectivity index (χ0) is 23.1. The van der Waals surface area contributed by atoms with Crippen molar-refractivity contribution in [3.05, 3.63) is 112 Å². The minimum absolute atomic E-state index is 0.0539. The highest BCUT2D eigenvalue weighted by atomic mass is 16.3. The second-order valence-corrected chi connectivity index (χ2v) is 7.88. The van der Waals surface area contributed by atoms with Crippen LogP contribution >= 0.6 is 0 Å². The minimum atomic E-state index is -0.729. The Morgan fingerprint density at radius 3 is 1.64 bits per heavy atom. The molecule has 0 saturated carbocycles. The molecule has 0 bridgehead atoms. The molecular formula is C27H19NO5. The Labute approximate surface area is 189 Å². The van der Waals surface area contributed by atoms with Gasteiger partial charge in [-0.2, -0.15) is 0 Å². The van der Waals surface area contributed by atoms with Gasteiger partial charge in [0.1, 0.15) is 17.2 Å². The first-order valence-corrected chi connectivity index (χ1v) is 10.3. The third-order valence-electron chi connectivity index (χ3n) is 5.74. The lowest BCUT2D eigenvalue weighted by atomic mass is 9.81. The van der Waals surface area contributed by atoms with Crippen LogP contribution in [0, 0.1) is 0 Å². The number of phenolic OH excluding ortho intramolecular Hbond substituents is 3. The van der Waals surface area contributed by atoms with Crippen LogP contribution in [0.25, 0.3) is 0 Å². The van der Waals surface area contributed by atoms with Crippen molar-refractivity contribution in [1.82, 2.24) is 0 Å². The number of hydrogen-bond donors (Lipinski definition) is 4. The van der Waals surface area contributed by atoms with E-state index in [0.29, 0.717) is 11.4 Å². The molecule has 0 aromatic heterocycles. The van der Waals surface area contributed by atoms with Crippen molar-refractivity contribution >= 4 is 22.9 Å². The molecule has 0 amide bonds. The predicted octanol–water partition coefficient (Wildman–Crippen LogP) is 4.91. The number of aromatic hydroxyl groups is 3. The Hall–Kier alpha value is -4.58. The number of rotatable bonds is 4. The molecule has 0 fully saturated rings. The van der Waals surface area contributed by atoms with Crippen molar-refractivity contribution in [2.45, 2.75) is 6.42 Å². The first-order valence-electron chi connectivity index (χ1n) is 10.3. The van der Waals surface area contributed by atoms with E-state index < -0.39 is 23.1 Å². The fourth-order valence-electron chi connectivity index (χ4n) is 4.14. The van der Waals surface area contributed by atoms with E-state index in [4.69, 9.17) is 0 Å². The van der Waals surface area contributed by atoms with Crippen LogP contribution in [0.15, 0.2) is 78.9 Å². The number of nitrogens with one attached hydrogen (secondary N) is 1. The molecule has 4 N–H and O–H groups in total. The maximum atomic E-state index is 13.3. The summed E-state index contributed by atoms with van der Waals surface area (Å²) in [6.45, 7) is 0. The van der Waals surface area contributed by atoms with E-state index in [1.165, 1.54) is 17.7 Å². The van der Waals surface area contributed by atoms with Crippen molar-refractivity contribution in [1.29, 1.82) is 0 Å². The molecule has 0 aliphatic heterocycles. The molecule has 33 heavy (non-hydrogen) atoms. The van der Waals surface area contributed by atoms with Gasteiger partial charge >= 0.3 is 0 Å². The molecule has 0 spiro atoms. The van der Waals surface area contributed by atoms with Crippen molar-refractivity contribution < 1.29 is 24.9 Å². The molecule has 5 rings (SSSR count). The summed E-state index contributed by atoms with van der Waals surface area (Å²) in [7, 11) is 0. The standard InChI is InChI=1S/C27H19NO5/c29-19-11-10-18(28-17-8-6-16(7-9-17)14-15-4-2-1-3-5-15)22-23(19)27(33)25-21(31)13-12-20(30)24(25)26(22)32/h1-13,28-31H,14H2. The monoisotopic (exact) mass is 437 g/mol. The Morgan fingerprint density at radius 1 is 0.545 bits per heavy atom. The van der Waals surface area contributed by atoms with Gasteiger partial charge in [0.25, 0.3) is 0 Å². The molecule has 162 valence electrons. The van der Waals surface area contributed by atoms with E-state index in [1.54, 1.807) is 0 Å². The molecule has 4 aromatic carbocycles. The first-order chi connectivity index (χ1) is 15.9. The number of fused-ring (bicyclic) bond motifs is 2. The van der Waals surface area contributed by atoms with Crippen LogP contribution in [0.1, 0.15) is 43.0 Å². The van der Waals surface area contributed by atoms with E-state index in [0.717, 1.165) is 24.1 Å². The quantitative estimate of drug-likeness (QED) is 0.298. The van der Waals surface area contributed by atoms with Crippen molar-refractivity contribution in [3.63, 3.8) is 0 Å². The highest BCUT2D eigenvalue weighted by Crippen LogP contribution is 2.43. The first kappa shape index (κ1) is 20.3. The van der Waals surface area contributed by atoms with Gasteiger partial charge in [-0.05, 0) is 53.9 Å². The third kappa shape index (κ3) is 3.47. The molecule has 1 aliphatic rings. The number of phenols is 3. The van der Waals surface area contributed by atoms with Gasteiger partial charge in [0.05, 0.1) is 27.9 Å². The Bertz CT molecular complexity index is 1410. The summed E-state index contributed by atoms with van der Waals surface area (Å²) < 4.78 is 0. The van der Waals surface area contributed by atoms with Crippen molar-refractivity contribution in [2.24, 2.45) is 0 Å². The van der Waals surface area contributed by atoms with Crippen LogP contribution < -0.4 is 5.32 Å². The average Bonchev–Trinajstić information content (AvgIpc) is 2.82. The second-order valence-electron chi connectivity index (χ2n) is 7.88. The lowest BCUT2D eigenvalue weighted by Gasteiger charge is -2.23. The lowest BCUT2D eigenvalue weighted by Crippen LogP contribution is -2.22. The molecule has 1 aliphatic carbocycles. The van der Waals surface area contributed by atoms with Gasteiger partial charge in [0, 0.05) is 5.69 Å². The summed E-state index contributed by atoms with van der Waals surface area (Å²) in [5, 5.41) is 33.9. The highest BCUT2D eigenvalue weighted by Gasteiger charge is 2.38. The maximum Gasteiger partial charge on any atom is 0.202 e. The average molecular weight is 437 g/mol. The van der Waals surface area contributed by atoms with E-state index in [2.05, 4.69) is 17.4 Å². The molecule has 0 saturated heterocycles. The van der Waals surface area contributed by atoms with E-state index in [9.17, 15) is 24.9 Å². The summed E-state index contributed by atoms with van der Waals surface area (Å²) in [6.07, 6.45) is 0.780. The Balaban J connectivity index is 1.51. The highest BCUT2D eigenvalue weighted by molar-refractivity contribution is 6.32. The fraction of sp³-hybridized carbons (Fsp3) is 0.0370. The van der Waals surface area contributed by atoms with Crippen LogP contribution in [0.5, 0.6) is 17.2 Å². The second kappa shape index (κ2) is 7.84. The Kier molecular flexibility index (Phi) is 4.83. The molecular weight excluding hydrogens is 418 g/mol. The van der Waals surface area contributed by atoms with E-state index >= 15 is 0 Å². The van der Waals surface area contributed by atoms with Gasteiger partial charge < -0.3 is 20.6 Å². The molecule has 6 heteroatoms. The van der Waals surface area contributed by atoms with Crippen molar-refractivity contribution in [3.8, 4) is 17.2 Å².